The normalized spacial score (nSPS) is 11.3. The number of nitrogens with one attached hydrogen (secondary N) is 2. The second kappa shape index (κ2) is 10.1. The number of aryl methyl sites for hydroxylation is 1. The number of hydrogen-bond acceptors (Lipinski definition) is 5. The van der Waals surface area contributed by atoms with Gasteiger partial charge < -0.3 is 15.4 Å². The molecule has 0 aliphatic heterocycles. The Hall–Kier alpha value is -3.29. The fraction of sp³-hybridized carbons (Fsp3) is 0.304. The van der Waals surface area contributed by atoms with Crippen molar-refractivity contribution >= 4 is 23.1 Å². The van der Waals surface area contributed by atoms with Crippen LogP contribution in [-0.2, 0) is 12.6 Å². The van der Waals surface area contributed by atoms with Gasteiger partial charge in [-0.15, -0.1) is 0 Å². The standard InChI is InChI=1S/C23H25F3N4O/c1-3-6-16-9-11-17(12-10-16)29-22-27-15-20(23(24,25)26)21(30-22)28-18-7-5-8-19(14-18)31-13-4-2/h5,7-12,14-15H,3-4,6,13H2,1-2H3,(H2,27,28,29,30). The first-order valence-corrected chi connectivity index (χ1v) is 10.2. The van der Waals surface area contributed by atoms with Gasteiger partial charge in [-0.05, 0) is 42.7 Å². The average molecular weight is 430 g/mol. The van der Waals surface area contributed by atoms with Gasteiger partial charge in [-0.25, -0.2) is 4.98 Å². The summed E-state index contributed by atoms with van der Waals surface area (Å²) in [6.45, 7) is 4.60. The molecule has 1 aromatic heterocycles. The van der Waals surface area contributed by atoms with E-state index in [1.54, 1.807) is 24.3 Å². The Morgan fingerprint density at radius 1 is 0.935 bits per heavy atom. The predicted molar refractivity (Wildman–Crippen MR) is 116 cm³/mol. The zero-order valence-corrected chi connectivity index (χ0v) is 17.5. The SMILES string of the molecule is CCCOc1cccc(Nc2nc(Nc3ccc(CCC)cc3)ncc2C(F)(F)F)c1. The molecular formula is C23H25F3N4O. The third-order valence-electron chi connectivity index (χ3n) is 4.41. The highest BCUT2D eigenvalue weighted by Gasteiger charge is 2.35. The first-order valence-electron chi connectivity index (χ1n) is 10.2. The quantitative estimate of drug-likeness (QED) is 0.394. The first-order chi connectivity index (χ1) is 14.9. The van der Waals surface area contributed by atoms with Crippen LogP contribution in [0.1, 0.15) is 37.8 Å². The lowest BCUT2D eigenvalue weighted by molar-refractivity contribution is -0.137. The summed E-state index contributed by atoms with van der Waals surface area (Å²) < 4.78 is 46.1. The topological polar surface area (TPSA) is 59.1 Å². The van der Waals surface area contributed by atoms with Gasteiger partial charge in [0.1, 0.15) is 17.1 Å². The van der Waals surface area contributed by atoms with Crippen LogP contribution in [0.2, 0.25) is 0 Å². The zero-order valence-electron chi connectivity index (χ0n) is 17.5. The fourth-order valence-corrected chi connectivity index (χ4v) is 2.94. The molecule has 164 valence electrons. The molecule has 0 amide bonds. The molecule has 8 heteroatoms. The Labute approximate surface area is 179 Å². The van der Waals surface area contributed by atoms with Gasteiger partial charge in [-0.2, -0.15) is 18.2 Å². The van der Waals surface area contributed by atoms with Gasteiger partial charge in [0.05, 0.1) is 6.61 Å². The number of benzene rings is 2. The Balaban J connectivity index is 1.85. The number of hydrogen-bond donors (Lipinski definition) is 2. The van der Waals surface area contributed by atoms with Crippen LogP contribution in [0.5, 0.6) is 5.75 Å². The maximum absolute atomic E-state index is 13.5. The van der Waals surface area contributed by atoms with Crippen molar-refractivity contribution in [3.63, 3.8) is 0 Å². The Kier molecular flexibility index (Phi) is 7.33. The summed E-state index contributed by atoms with van der Waals surface area (Å²) >= 11 is 0. The van der Waals surface area contributed by atoms with E-state index in [0.717, 1.165) is 25.5 Å². The fourth-order valence-electron chi connectivity index (χ4n) is 2.94. The molecule has 0 bridgehead atoms. The summed E-state index contributed by atoms with van der Waals surface area (Å²) in [7, 11) is 0. The molecule has 0 fully saturated rings. The molecule has 3 rings (SSSR count). The molecule has 5 nitrogen and oxygen atoms in total. The van der Waals surface area contributed by atoms with Crippen LogP contribution in [0.15, 0.2) is 54.7 Å². The van der Waals surface area contributed by atoms with E-state index in [1.165, 1.54) is 5.56 Å². The Morgan fingerprint density at radius 3 is 2.39 bits per heavy atom. The first kappa shape index (κ1) is 22.4. The lowest BCUT2D eigenvalue weighted by atomic mass is 10.1. The summed E-state index contributed by atoms with van der Waals surface area (Å²) in [5, 5.41) is 5.72. The molecule has 0 saturated heterocycles. The van der Waals surface area contributed by atoms with Crippen LogP contribution < -0.4 is 15.4 Å². The third kappa shape index (κ3) is 6.34. The van der Waals surface area contributed by atoms with E-state index in [4.69, 9.17) is 4.74 Å². The molecular weight excluding hydrogens is 405 g/mol. The summed E-state index contributed by atoms with van der Waals surface area (Å²) in [5.41, 5.74) is 1.37. The third-order valence-corrected chi connectivity index (χ3v) is 4.41. The highest BCUT2D eigenvalue weighted by Crippen LogP contribution is 2.35. The van der Waals surface area contributed by atoms with Crippen molar-refractivity contribution in [2.75, 3.05) is 17.2 Å². The molecule has 2 N–H and O–H groups in total. The van der Waals surface area contributed by atoms with Crippen molar-refractivity contribution in [2.45, 2.75) is 39.3 Å². The zero-order chi connectivity index (χ0) is 22.3. The molecule has 0 spiro atoms. The van der Waals surface area contributed by atoms with Gasteiger partial charge in [0.2, 0.25) is 5.95 Å². The summed E-state index contributed by atoms with van der Waals surface area (Å²) in [6.07, 6.45) is -0.990. The van der Waals surface area contributed by atoms with Crippen LogP contribution in [0.25, 0.3) is 0 Å². The Bertz CT molecular complexity index is 991. The minimum Gasteiger partial charge on any atom is -0.494 e. The van der Waals surface area contributed by atoms with Gasteiger partial charge >= 0.3 is 6.18 Å². The second-order valence-corrected chi connectivity index (χ2v) is 7.03. The van der Waals surface area contributed by atoms with E-state index in [9.17, 15) is 13.2 Å². The number of halogens is 3. The van der Waals surface area contributed by atoms with Crippen LogP contribution in [0.4, 0.5) is 36.3 Å². The van der Waals surface area contributed by atoms with E-state index in [1.807, 2.05) is 31.2 Å². The molecule has 31 heavy (non-hydrogen) atoms. The van der Waals surface area contributed by atoms with Crippen molar-refractivity contribution in [1.82, 2.24) is 9.97 Å². The van der Waals surface area contributed by atoms with Crippen molar-refractivity contribution in [3.05, 3.63) is 65.9 Å². The molecule has 0 aliphatic rings. The largest absolute Gasteiger partial charge is 0.494 e. The number of aromatic nitrogens is 2. The lowest BCUT2D eigenvalue weighted by Gasteiger charge is -2.15. The van der Waals surface area contributed by atoms with E-state index >= 15 is 0 Å². The van der Waals surface area contributed by atoms with Gasteiger partial charge in [-0.1, -0.05) is 38.5 Å². The minimum absolute atomic E-state index is 0.0668. The molecule has 0 saturated carbocycles. The maximum atomic E-state index is 13.5. The van der Waals surface area contributed by atoms with Crippen LogP contribution >= 0.6 is 0 Å². The van der Waals surface area contributed by atoms with Crippen molar-refractivity contribution in [2.24, 2.45) is 0 Å². The minimum atomic E-state index is -4.60. The summed E-state index contributed by atoms with van der Waals surface area (Å²) in [5.74, 6) is 0.303. The highest BCUT2D eigenvalue weighted by molar-refractivity contribution is 5.64. The maximum Gasteiger partial charge on any atom is 0.421 e. The average Bonchev–Trinajstić information content (AvgIpc) is 2.73. The van der Waals surface area contributed by atoms with Crippen molar-refractivity contribution < 1.29 is 17.9 Å². The number of rotatable bonds is 9. The highest BCUT2D eigenvalue weighted by atomic mass is 19.4. The van der Waals surface area contributed by atoms with Crippen molar-refractivity contribution in [3.8, 4) is 5.75 Å². The van der Waals surface area contributed by atoms with E-state index in [0.29, 0.717) is 23.7 Å². The number of alkyl halides is 3. The monoisotopic (exact) mass is 430 g/mol. The van der Waals surface area contributed by atoms with E-state index in [2.05, 4.69) is 27.5 Å². The number of nitrogens with zero attached hydrogens (tertiary/aromatic N) is 2. The molecule has 3 aromatic rings. The van der Waals surface area contributed by atoms with E-state index in [-0.39, 0.29) is 11.8 Å². The van der Waals surface area contributed by atoms with Gasteiger partial charge in [-0.3, -0.25) is 0 Å². The van der Waals surface area contributed by atoms with Crippen molar-refractivity contribution in [1.29, 1.82) is 0 Å². The molecule has 1 heterocycles. The Morgan fingerprint density at radius 2 is 1.71 bits per heavy atom. The number of ether oxygens (including phenoxy) is 1. The van der Waals surface area contributed by atoms with Crippen LogP contribution in [0.3, 0.4) is 0 Å². The molecule has 2 aromatic carbocycles. The lowest BCUT2D eigenvalue weighted by Crippen LogP contribution is -2.12. The molecule has 0 unspecified atom stereocenters. The van der Waals surface area contributed by atoms with Gasteiger partial charge in [0, 0.05) is 23.6 Å². The predicted octanol–water partition coefficient (Wildman–Crippen LogP) is 6.72. The summed E-state index contributed by atoms with van der Waals surface area (Å²) in [4.78, 5) is 7.94. The number of anilines is 4. The van der Waals surface area contributed by atoms with Crippen LogP contribution in [0, 0.1) is 0 Å². The molecule has 0 radical (unpaired) electrons. The van der Waals surface area contributed by atoms with Crippen LogP contribution in [-0.4, -0.2) is 16.6 Å². The summed E-state index contributed by atoms with van der Waals surface area (Å²) in [6, 6.07) is 14.4. The van der Waals surface area contributed by atoms with Gasteiger partial charge in [0.25, 0.3) is 0 Å². The molecule has 0 aliphatic carbocycles. The van der Waals surface area contributed by atoms with E-state index < -0.39 is 11.7 Å². The second-order valence-electron chi connectivity index (χ2n) is 7.03. The van der Waals surface area contributed by atoms with Gasteiger partial charge in [0.15, 0.2) is 0 Å². The molecule has 0 atom stereocenters. The smallest absolute Gasteiger partial charge is 0.421 e.